The molecule has 2 aliphatic heterocycles. The van der Waals surface area contributed by atoms with Crippen LogP contribution in [0.3, 0.4) is 0 Å². The van der Waals surface area contributed by atoms with Crippen LogP contribution in [0.4, 0.5) is 5.82 Å². The smallest absolute Gasteiger partial charge is 0.293 e. The minimum atomic E-state index is 0.0591. The number of nitrogens with zero attached hydrogens (tertiary/aromatic N) is 5. The lowest BCUT2D eigenvalue weighted by Crippen LogP contribution is -2.40. The summed E-state index contributed by atoms with van der Waals surface area (Å²) in [5.74, 6) is 0.955. The zero-order valence-electron chi connectivity index (χ0n) is 16.2. The first-order valence-electron chi connectivity index (χ1n) is 10.4. The fourth-order valence-corrected chi connectivity index (χ4v) is 4.48. The van der Waals surface area contributed by atoms with Gasteiger partial charge in [0.2, 0.25) is 0 Å². The van der Waals surface area contributed by atoms with Crippen molar-refractivity contribution in [2.24, 2.45) is 0 Å². The first-order valence-corrected chi connectivity index (χ1v) is 10.4. The summed E-state index contributed by atoms with van der Waals surface area (Å²) in [7, 11) is 0. The highest BCUT2D eigenvalue weighted by Crippen LogP contribution is 2.34. The van der Waals surface area contributed by atoms with E-state index in [1.54, 1.807) is 6.20 Å². The van der Waals surface area contributed by atoms with Gasteiger partial charge < -0.3 is 14.2 Å². The van der Waals surface area contributed by atoms with Crippen LogP contribution in [-0.2, 0) is 11.3 Å². The predicted octanol–water partition coefficient (Wildman–Crippen LogP) is 1.52. The van der Waals surface area contributed by atoms with Crippen LogP contribution in [0.1, 0.15) is 48.9 Å². The van der Waals surface area contributed by atoms with E-state index in [0.29, 0.717) is 17.8 Å². The summed E-state index contributed by atoms with van der Waals surface area (Å²) in [6.07, 6.45) is 9.94. The minimum absolute atomic E-state index is 0.0591. The second-order valence-corrected chi connectivity index (χ2v) is 8.18. The Morgan fingerprint density at radius 1 is 1.18 bits per heavy atom. The molecule has 5 rings (SSSR count). The molecule has 150 valence electrons. The fourth-order valence-electron chi connectivity index (χ4n) is 4.48. The molecule has 0 aromatic carbocycles. The highest BCUT2D eigenvalue weighted by Gasteiger charge is 2.30. The summed E-state index contributed by atoms with van der Waals surface area (Å²) in [5.41, 5.74) is 2.55. The van der Waals surface area contributed by atoms with Crippen molar-refractivity contribution < 1.29 is 4.74 Å². The molecule has 1 atom stereocenters. The number of ether oxygens (including phenoxy) is 1. The molecular weight excluding hydrogens is 356 g/mol. The summed E-state index contributed by atoms with van der Waals surface area (Å²) in [6, 6.07) is 0.377. The number of anilines is 1. The number of rotatable bonds is 5. The molecule has 28 heavy (non-hydrogen) atoms. The minimum Gasteiger partial charge on any atom is -0.379 e. The van der Waals surface area contributed by atoms with Crippen molar-refractivity contribution in [1.29, 1.82) is 0 Å². The van der Waals surface area contributed by atoms with E-state index < -0.39 is 0 Å². The molecule has 8 nitrogen and oxygen atoms in total. The van der Waals surface area contributed by atoms with Crippen molar-refractivity contribution in [3.05, 3.63) is 40.2 Å². The maximum absolute atomic E-state index is 12.9. The SMILES string of the molecule is O=c1c(N2CCC[C@H](c3[nH]ncc3CN3CCOCC3)C2)nccn1C1CC1. The Kier molecular flexibility index (Phi) is 4.90. The van der Waals surface area contributed by atoms with Gasteiger partial charge in [-0.3, -0.25) is 14.8 Å². The van der Waals surface area contributed by atoms with Gasteiger partial charge in [-0.15, -0.1) is 0 Å². The van der Waals surface area contributed by atoms with Crippen LogP contribution >= 0.6 is 0 Å². The lowest BCUT2D eigenvalue weighted by atomic mass is 9.92. The summed E-state index contributed by atoms with van der Waals surface area (Å²) < 4.78 is 7.33. The van der Waals surface area contributed by atoms with Gasteiger partial charge in [0.15, 0.2) is 5.82 Å². The standard InChI is InChI=1S/C20H28N6O2/c27-20-19(21-5-7-26(20)17-3-4-17)25-6-1-2-15(14-25)18-16(12-22-23-18)13-24-8-10-28-11-9-24/h5,7,12,15,17H,1-4,6,8-11,13-14H2,(H,22,23)/t15-/m0/s1. The molecule has 2 aromatic rings. The van der Waals surface area contributed by atoms with E-state index >= 15 is 0 Å². The zero-order valence-corrected chi connectivity index (χ0v) is 16.2. The first-order chi connectivity index (χ1) is 13.8. The molecular formula is C20H28N6O2. The number of H-pyrrole nitrogens is 1. The third-order valence-electron chi connectivity index (χ3n) is 6.17. The maximum atomic E-state index is 12.9. The Morgan fingerprint density at radius 3 is 2.86 bits per heavy atom. The van der Waals surface area contributed by atoms with E-state index in [2.05, 4.69) is 25.0 Å². The number of nitrogens with one attached hydrogen (secondary N) is 1. The van der Waals surface area contributed by atoms with Crippen LogP contribution in [0.25, 0.3) is 0 Å². The van der Waals surface area contributed by atoms with E-state index in [1.807, 2.05) is 17.0 Å². The maximum Gasteiger partial charge on any atom is 0.293 e. The average Bonchev–Trinajstić information content (AvgIpc) is 3.47. The molecule has 8 heteroatoms. The van der Waals surface area contributed by atoms with Crippen molar-refractivity contribution in [2.75, 3.05) is 44.3 Å². The van der Waals surface area contributed by atoms with Crippen LogP contribution in [0.15, 0.2) is 23.4 Å². The van der Waals surface area contributed by atoms with E-state index in [1.165, 1.54) is 11.3 Å². The molecule has 0 amide bonds. The van der Waals surface area contributed by atoms with Crippen LogP contribution in [0, 0.1) is 0 Å². The first kappa shape index (κ1) is 17.9. The second kappa shape index (κ2) is 7.67. The molecule has 3 fully saturated rings. The fraction of sp³-hybridized carbons (Fsp3) is 0.650. The Hall–Kier alpha value is -2.19. The van der Waals surface area contributed by atoms with E-state index in [0.717, 1.165) is 71.6 Å². The highest BCUT2D eigenvalue weighted by molar-refractivity contribution is 5.38. The van der Waals surface area contributed by atoms with Gasteiger partial charge in [-0.1, -0.05) is 0 Å². The zero-order chi connectivity index (χ0) is 18.9. The van der Waals surface area contributed by atoms with E-state index in [-0.39, 0.29) is 5.56 Å². The Bertz CT molecular complexity index is 868. The van der Waals surface area contributed by atoms with Crippen LogP contribution < -0.4 is 10.5 Å². The van der Waals surface area contributed by atoms with Gasteiger partial charge in [0.1, 0.15) is 0 Å². The van der Waals surface area contributed by atoms with Crippen LogP contribution in [-0.4, -0.2) is 64.0 Å². The van der Waals surface area contributed by atoms with Crippen molar-refractivity contribution in [2.45, 2.75) is 44.2 Å². The number of piperidine rings is 1. The summed E-state index contributed by atoms with van der Waals surface area (Å²) in [5, 5.41) is 7.59. The van der Waals surface area contributed by atoms with Gasteiger partial charge in [-0.05, 0) is 25.7 Å². The average molecular weight is 384 g/mol. The Labute approximate surface area is 164 Å². The monoisotopic (exact) mass is 384 g/mol. The largest absolute Gasteiger partial charge is 0.379 e. The third kappa shape index (κ3) is 3.58. The van der Waals surface area contributed by atoms with Gasteiger partial charge >= 0.3 is 0 Å². The molecule has 1 N–H and O–H groups in total. The number of morpholine rings is 1. The van der Waals surface area contributed by atoms with E-state index in [9.17, 15) is 4.79 Å². The molecule has 4 heterocycles. The molecule has 2 saturated heterocycles. The van der Waals surface area contributed by atoms with Crippen LogP contribution in [0.5, 0.6) is 0 Å². The molecule has 0 radical (unpaired) electrons. The summed E-state index contributed by atoms with van der Waals surface area (Å²) >= 11 is 0. The number of hydrogen-bond acceptors (Lipinski definition) is 6. The molecule has 3 aliphatic rings. The predicted molar refractivity (Wildman–Crippen MR) is 106 cm³/mol. The topological polar surface area (TPSA) is 79.3 Å². The summed E-state index contributed by atoms with van der Waals surface area (Å²) in [4.78, 5) is 21.9. The third-order valence-corrected chi connectivity index (χ3v) is 6.17. The number of aromatic amines is 1. The van der Waals surface area contributed by atoms with Gasteiger partial charge in [0, 0.05) is 68.3 Å². The van der Waals surface area contributed by atoms with Crippen molar-refractivity contribution in [3.8, 4) is 0 Å². The molecule has 1 aliphatic carbocycles. The van der Waals surface area contributed by atoms with Gasteiger partial charge in [-0.25, -0.2) is 4.98 Å². The lowest BCUT2D eigenvalue weighted by Gasteiger charge is -2.33. The Morgan fingerprint density at radius 2 is 2.04 bits per heavy atom. The molecule has 1 saturated carbocycles. The van der Waals surface area contributed by atoms with Gasteiger partial charge in [-0.2, -0.15) is 5.10 Å². The molecule has 0 spiro atoms. The number of aromatic nitrogens is 4. The van der Waals surface area contributed by atoms with Crippen molar-refractivity contribution in [1.82, 2.24) is 24.6 Å². The summed E-state index contributed by atoms with van der Waals surface area (Å²) in [6.45, 7) is 6.15. The normalized spacial score (nSPS) is 23.9. The molecule has 0 unspecified atom stereocenters. The molecule has 2 aromatic heterocycles. The molecule has 0 bridgehead atoms. The van der Waals surface area contributed by atoms with Crippen molar-refractivity contribution >= 4 is 5.82 Å². The van der Waals surface area contributed by atoms with Crippen molar-refractivity contribution in [3.63, 3.8) is 0 Å². The Balaban J connectivity index is 1.33. The lowest BCUT2D eigenvalue weighted by molar-refractivity contribution is 0.0340. The van der Waals surface area contributed by atoms with Gasteiger partial charge in [0.05, 0.1) is 19.4 Å². The quantitative estimate of drug-likeness (QED) is 0.842. The van der Waals surface area contributed by atoms with Crippen LogP contribution in [0.2, 0.25) is 0 Å². The van der Waals surface area contributed by atoms with E-state index in [4.69, 9.17) is 4.74 Å². The number of hydrogen-bond donors (Lipinski definition) is 1. The highest BCUT2D eigenvalue weighted by atomic mass is 16.5. The second-order valence-electron chi connectivity index (χ2n) is 8.18. The van der Waals surface area contributed by atoms with Gasteiger partial charge in [0.25, 0.3) is 5.56 Å².